The number of nitrogens with two attached hydrogens (primary N) is 1. The standard InChI is InChI=1S/C18H34N2/c19-13-18(16-8-3-1-2-4-9-16)20-12-11-15-7-5-6-10-17(15)14-20/h15-18H,1-14,19H2. The van der Waals surface area contributed by atoms with Gasteiger partial charge in [0.2, 0.25) is 0 Å². The summed E-state index contributed by atoms with van der Waals surface area (Å²) >= 11 is 0. The molecule has 1 saturated heterocycles. The average molecular weight is 278 g/mol. The molecule has 3 unspecified atom stereocenters. The van der Waals surface area contributed by atoms with Crippen LogP contribution in [-0.2, 0) is 0 Å². The first kappa shape index (κ1) is 14.8. The van der Waals surface area contributed by atoms with Crippen molar-refractivity contribution in [3.05, 3.63) is 0 Å². The summed E-state index contributed by atoms with van der Waals surface area (Å²) in [4.78, 5) is 2.81. The second-order valence-corrected chi connectivity index (χ2v) is 7.64. The van der Waals surface area contributed by atoms with Crippen LogP contribution in [0.4, 0.5) is 0 Å². The van der Waals surface area contributed by atoms with Crippen LogP contribution in [0, 0.1) is 17.8 Å². The van der Waals surface area contributed by atoms with Gasteiger partial charge in [-0.05, 0) is 50.0 Å². The van der Waals surface area contributed by atoms with Crippen molar-refractivity contribution in [1.82, 2.24) is 4.90 Å². The van der Waals surface area contributed by atoms with Crippen LogP contribution in [-0.4, -0.2) is 30.6 Å². The molecule has 2 heteroatoms. The van der Waals surface area contributed by atoms with Crippen LogP contribution in [0.5, 0.6) is 0 Å². The Morgan fingerprint density at radius 2 is 1.45 bits per heavy atom. The van der Waals surface area contributed by atoms with Gasteiger partial charge in [0.1, 0.15) is 0 Å². The fraction of sp³-hybridized carbons (Fsp3) is 1.00. The molecule has 0 bridgehead atoms. The zero-order valence-corrected chi connectivity index (χ0v) is 13.2. The van der Waals surface area contributed by atoms with E-state index in [-0.39, 0.29) is 0 Å². The van der Waals surface area contributed by atoms with E-state index in [0.717, 1.165) is 24.3 Å². The molecule has 20 heavy (non-hydrogen) atoms. The van der Waals surface area contributed by atoms with Crippen molar-refractivity contribution in [2.45, 2.75) is 76.7 Å². The highest BCUT2D eigenvalue weighted by atomic mass is 15.2. The number of rotatable bonds is 3. The monoisotopic (exact) mass is 278 g/mol. The molecule has 116 valence electrons. The summed E-state index contributed by atoms with van der Waals surface area (Å²) in [6, 6.07) is 0.691. The van der Waals surface area contributed by atoms with Gasteiger partial charge in [-0.2, -0.15) is 0 Å². The van der Waals surface area contributed by atoms with Gasteiger partial charge in [-0.3, -0.25) is 4.90 Å². The summed E-state index contributed by atoms with van der Waals surface area (Å²) < 4.78 is 0. The van der Waals surface area contributed by atoms with Crippen LogP contribution >= 0.6 is 0 Å². The van der Waals surface area contributed by atoms with E-state index >= 15 is 0 Å². The molecular formula is C18H34N2. The van der Waals surface area contributed by atoms with Crippen molar-refractivity contribution in [1.29, 1.82) is 0 Å². The highest BCUT2D eigenvalue weighted by Gasteiger charge is 2.35. The first-order valence-corrected chi connectivity index (χ1v) is 9.32. The van der Waals surface area contributed by atoms with Gasteiger partial charge in [0.15, 0.2) is 0 Å². The van der Waals surface area contributed by atoms with Gasteiger partial charge >= 0.3 is 0 Å². The summed E-state index contributed by atoms with van der Waals surface area (Å²) in [5, 5.41) is 0. The Hall–Kier alpha value is -0.0800. The van der Waals surface area contributed by atoms with Crippen LogP contribution in [0.15, 0.2) is 0 Å². The second-order valence-electron chi connectivity index (χ2n) is 7.64. The molecular weight excluding hydrogens is 244 g/mol. The largest absolute Gasteiger partial charge is 0.329 e. The van der Waals surface area contributed by atoms with Gasteiger partial charge in [0.05, 0.1) is 0 Å². The summed E-state index contributed by atoms with van der Waals surface area (Å²) in [5.74, 6) is 2.94. The van der Waals surface area contributed by atoms with E-state index in [1.807, 2.05) is 0 Å². The van der Waals surface area contributed by atoms with Crippen molar-refractivity contribution in [2.24, 2.45) is 23.5 Å². The molecule has 1 heterocycles. The number of hydrogen-bond donors (Lipinski definition) is 1. The molecule has 3 atom stereocenters. The minimum atomic E-state index is 0.691. The third-order valence-electron chi connectivity index (χ3n) is 6.48. The third kappa shape index (κ3) is 3.39. The molecule has 3 fully saturated rings. The molecule has 0 radical (unpaired) electrons. The van der Waals surface area contributed by atoms with E-state index in [4.69, 9.17) is 5.73 Å². The molecule has 3 rings (SSSR count). The van der Waals surface area contributed by atoms with Gasteiger partial charge in [0.25, 0.3) is 0 Å². The maximum absolute atomic E-state index is 6.21. The molecule has 2 aliphatic carbocycles. The Balaban J connectivity index is 1.60. The summed E-state index contributed by atoms with van der Waals surface area (Å²) in [6.07, 6.45) is 16.1. The Morgan fingerprint density at radius 1 is 0.800 bits per heavy atom. The van der Waals surface area contributed by atoms with Crippen LogP contribution in [0.1, 0.15) is 70.6 Å². The minimum Gasteiger partial charge on any atom is -0.329 e. The maximum atomic E-state index is 6.21. The zero-order valence-electron chi connectivity index (χ0n) is 13.2. The average Bonchev–Trinajstić information content (AvgIpc) is 2.77. The Morgan fingerprint density at radius 3 is 2.15 bits per heavy atom. The number of likely N-dealkylation sites (tertiary alicyclic amines) is 1. The number of nitrogens with zero attached hydrogens (tertiary/aromatic N) is 1. The molecule has 2 nitrogen and oxygen atoms in total. The third-order valence-corrected chi connectivity index (χ3v) is 6.48. The lowest BCUT2D eigenvalue weighted by Crippen LogP contribution is -2.52. The summed E-state index contributed by atoms with van der Waals surface area (Å²) in [7, 11) is 0. The SMILES string of the molecule is NCC(C1CCCCCC1)N1CCC2CCCCC2C1. The Labute approximate surface area is 125 Å². The minimum absolute atomic E-state index is 0.691. The van der Waals surface area contributed by atoms with Crippen molar-refractivity contribution in [3.63, 3.8) is 0 Å². The lowest BCUT2D eigenvalue weighted by atomic mass is 9.74. The lowest BCUT2D eigenvalue weighted by Gasteiger charge is -2.46. The highest BCUT2D eigenvalue weighted by molar-refractivity contribution is 4.89. The van der Waals surface area contributed by atoms with Gasteiger partial charge in [-0.25, -0.2) is 0 Å². The first-order chi connectivity index (χ1) is 9.88. The van der Waals surface area contributed by atoms with Crippen molar-refractivity contribution in [2.75, 3.05) is 19.6 Å². The Kier molecular flexibility index (Phi) is 5.39. The van der Waals surface area contributed by atoms with Crippen LogP contribution in [0.25, 0.3) is 0 Å². The zero-order chi connectivity index (χ0) is 13.8. The van der Waals surface area contributed by atoms with E-state index in [2.05, 4.69) is 4.90 Å². The van der Waals surface area contributed by atoms with Crippen LogP contribution in [0.2, 0.25) is 0 Å². The molecule has 0 aromatic carbocycles. The lowest BCUT2D eigenvalue weighted by molar-refractivity contribution is 0.0359. The molecule has 1 aliphatic heterocycles. The van der Waals surface area contributed by atoms with Crippen molar-refractivity contribution < 1.29 is 0 Å². The van der Waals surface area contributed by atoms with E-state index in [0.29, 0.717) is 6.04 Å². The smallest absolute Gasteiger partial charge is 0.0246 e. The van der Waals surface area contributed by atoms with Gasteiger partial charge in [-0.15, -0.1) is 0 Å². The number of piperidine rings is 1. The molecule has 0 amide bonds. The topological polar surface area (TPSA) is 29.3 Å². The van der Waals surface area contributed by atoms with Crippen molar-refractivity contribution in [3.8, 4) is 0 Å². The maximum Gasteiger partial charge on any atom is 0.0246 e. The van der Waals surface area contributed by atoms with Gasteiger partial charge in [-0.1, -0.05) is 44.9 Å². The molecule has 0 aromatic heterocycles. The molecule has 0 spiro atoms. The van der Waals surface area contributed by atoms with Gasteiger partial charge < -0.3 is 5.73 Å². The van der Waals surface area contributed by atoms with Crippen LogP contribution < -0.4 is 5.73 Å². The summed E-state index contributed by atoms with van der Waals surface area (Å²) in [6.45, 7) is 3.59. The fourth-order valence-corrected chi connectivity index (χ4v) is 5.27. The predicted molar refractivity (Wildman–Crippen MR) is 85.7 cm³/mol. The van der Waals surface area contributed by atoms with Gasteiger partial charge in [0, 0.05) is 19.1 Å². The number of fused-ring (bicyclic) bond motifs is 1. The normalized spacial score (nSPS) is 35.2. The quantitative estimate of drug-likeness (QED) is 0.796. The van der Waals surface area contributed by atoms with E-state index < -0.39 is 0 Å². The van der Waals surface area contributed by atoms with E-state index in [1.165, 1.54) is 83.7 Å². The molecule has 0 aromatic rings. The second kappa shape index (κ2) is 7.26. The number of hydrogen-bond acceptors (Lipinski definition) is 2. The fourth-order valence-electron chi connectivity index (χ4n) is 5.27. The Bertz CT molecular complexity index is 283. The summed E-state index contributed by atoms with van der Waals surface area (Å²) in [5.41, 5.74) is 6.21. The van der Waals surface area contributed by atoms with Crippen LogP contribution in [0.3, 0.4) is 0 Å². The molecule has 2 N–H and O–H groups in total. The van der Waals surface area contributed by atoms with E-state index in [1.54, 1.807) is 0 Å². The highest BCUT2D eigenvalue weighted by Crippen LogP contribution is 2.38. The van der Waals surface area contributed by atoms with E-state index in [9.17, 15) is 0 Å². The predicted octanol–water partition coefficient (Wildman–Crippen LogP) is 3.80. The molecule has 3 aliphatic rings. The first-order valence-electron chi connectivity index (χ1n) is 9.32. The molecule has 2 saturated carbocycles. The van der Waals surface area contributed by atoms with Crippen molar-refractivity contribution >= 4 is 0 Å².